The average Bonchev–Trinajstić information content (AvgIpc) is 2.89. The van der Waals surface area contributed by atoms with Crippen LogP contribution in [0.25, 0.3) is 0 Å². The van der Waals surface area contributed by atoms with E-state index < -0.39 is 5.60 Å². The Hall–Kier alpha value is -1.75. The third-order valence-electron chi connectivity index (χ3n) is 3.45. The number of ether oxygens (including phenoxy) is 1. The van der Waals surface area contributed by atoms with Crippen molar-refractivity contribution < 1.29 is 9.53 Å². The van der Waals surface area contributed by atoms with Crippen molar-refractivity contribution in [3.8, 4) is 0 Å². The van der Waals surface area contributed by atoms with Gasteiger partial charge in [-0.25, -0.2) is 4.79 Å². The zero-order valence-corrected chi connectivity index (χ0v) is 13.8. The number of rotatable bonds is 6. The largest absolute Gasteiger partial charge is 0.444 e. The van der Waals surface area contributed by atoms with Crippen LogP contribution in [0.1, 0.15) is 38.3 Å². The monoisotopic (exact) mass is 305 g/mol. The molecule has 1 heterocycles. The van der Waals surface area contributed by atoms with E-state index in [0.29, 0.717) is 6.54 Å². The molecular weight excluding hydrogens is 278 g/mol. The van der Waals surface area contributed by atoms with Crippen LogP contribution in [0.15, 0.2) is 18.2 Å². The van der Waals surface area contributed by atoms with Gasteiger partial charge in [0, 0.05) is 25.3 Å². The lowest BCUT2D eigenvalue weighted by Crippen LogP contribution is -2.33. The van der Waals surface area contributed by atoms with E-state index in [-0.39, 0.29) is 6.09 Å². The van der Waals surface area contributed by atoms with Crippen LogP contribution in [0.3, 0.4) is 0 Å². The summed E-state index contributed by atoms with van der Waals surface area (Å²) >= 11 is 0. The molecule has 3 N–H and O–H groups in total. The number of carbonyl (C=O) groups is 1. The maximum atomic E-state index is 11.5. The zero-order chi connectivity index (χ0) is 16.0. The number of benzene rings is 1. The van der Waals surface area contributed by atoms with Gasteiger partial charge in [-0.1, -0.05) is 18.2 Å². The minimum atomic E-state index is -0.441. The molecule has 0 saturated heterocycles. The summed E-state index contributed by atoms with van der Waals surface area (Å²) in [6.07, 6.45) is 1.64. The Bertz CT molecular complexity index is 509. The van der Waals surface area contributed by atoms with E-state index in [2.05, 4.69) is 34.1 Å². The highest BCUT2D eigenvalue weighted by molar-refractivity contribution is 5.67. The third-order valence-corrected chi connectivity index (χ3v) is 3.45. The van der Waals surface area contributed by atoms with Crippen molar-refractivity contribution in [1.29, 1.82) is 0 Å². The summed E-state index contributed by atoms with van der Waals surface area (Å²) in [5.74, 6) is 0. The Morgan fingerprint density at radius 1 is 1.32 bits per heavy atom. The highest BCUT2D eigenvalue weighted by Gasteiger charge is 2.15. The molecule has 2 rings (SSSR count). The summed E-state index contributed by atoms with van der Waals surface area (Å²) in [4.78, 5) is 11.5. The van der Waals surface area contributed by atoms with Crippen LogP contribution in [0.2, 0.25) is 0 Å². The number of nitrogens with one attached hydrogen (secondary N) is 3. The molecular formula is C17H27N3O2. The van der Waals surface area contributed by atoms with Gasteiger partial charge in [0.15, 0.2) is 0 Å². The topological polar surface area (TPSA) is 62.4 Å². The number of alkyl carbamates (subject to hydrolysis) is 1. The molecule has 22 heavy (non-hydrogen) atoms. The molecule has 0 aliphatic carbocycles. The van der Waals surface area contributed by atoms with Crippen LogP contribution in [0.4, 0.5) is 10.5 Å². The van der Waals surface area contributed by atoms with Crippen molar-refractivity contribution in [2.45, 2.75) is 45.8 Å². The lowest BCUT2D eigenvalue weighted by molar-refractivity contribution is 0.0527. The van der Waals surface area contributed by atoms with E-state index in [9.17, 15) is 4.79 Å². The molecule has 0 fully saturated rings. The molecule has 0 atom stereocenters. The Morgan fingerprint density at radius 2 is 2.14 bits per heavy atom. The molecule has 1 aromatic carbocycles. The predicted octanol–water partition coefficient (Wildman–Crippen LogP) is 2.66. The van der Waals surface area contributed by atoms with Gasteiger partial charge in [-0.2, -0.15) is 0 Å². The first kappa shape index (κ1) is 16.6. The quantitative estimate of drug-likeness (QED) is 0.707. The maximum absolute atomic E-state index is 11.5. The van der Waals surface area contributed by atoms with Crippen LogP contribution in [-0.2, 0) is 17.7 Å². The highest BCUT2D eigenvalue weighted by atomic mass is 16.6. The number of anilines is 1. The van der Waals surface area contributed by atoms with Crippen molar-refractivity contribution in [3.05, 3.63) is 29.3 Å². The molecule has 0 bridgehead atoms. The minimum Gasteiger partial charge on any atom is -0.444 e. The molecule has 122 valence electrons. The number of hydrogen-bond donors (Lipinski definition) is 3. The Kier molecular flexibility index (Phi) is 5.66. The van der Waals surface area contributed by atoms with Crippen LogP contribution >= 0.6 is 0 Å². The summed E-state index contributed by atoms with van der Waals surface area (Å²) in [5.41, 5.74) is 3.58. The molecule has 5 heteroatoms. The van der Waals surface area contributed by atoms with Gasteiger partial charge in [0.2, 0.25) is 0 Å². The lowest BCUT2D eigenvalue weighted by Gasteiger charge is -2.19. The second-order valence-corrected chi connectivity index (χ2v) is 6.59. The Labute approximate surface area is 132 Å². The average molecular weight is 305 g/mol. The molecule has 1 amide bonds. The maximum Gasteiger partial charge on any atom is 0.407 e. The highest BCUT2D eigenvalue weighted by Crippen LogP contribution is 2.26. The molecule has 1 aromatic rings. The number of fused-ring (bicyclic) bond motifs is 1. The van der Waals surface area contributed by atoms with Crippen LogP contribution in [-0.4, -0.2) is 31.3 Å². The van der Waals surface area contributed by atoms with Crippen molar-refractivity contribution in [2.24, 2.45) is 0 Å². The van der Waals surface area contributed by atoms with Gasteiger partial charge in [0.25, 0.3) is 0 Å². The summed E-state index contributed by atoms with van der Waals surface area (Å²) in [5, 5.41) is 9.63. The molecule has 0 aromatic heterocycles. The van der Waals surface area contributed by atoms with Crippen molar-refractivity contribution in [3.63, 3.8) is 0 Å². The first-order chi connectivity index (χ1) is 10.5. The third kappa shape index (κ3) is 5.22. The molecule has 0 radical (unpaired) electrons. The summed E-state index contributed by atoms with van der Waals surface area (Å²) in [7, 11) is 0. The molecule has 0 unspecified atom stereocenters. The minimum absolute atomic E-state index is 0.349. The number of carbonyl (C=O) groups excluding carboxylic acids is 1. The molecule has 0 spiro atoms. The van der Waals surface area contributed by atoms with Crippen LogP contribution in [0, 0.1) is 0 Å². The smallest absolute Gasteiger partial charge is 0.407 e. The first-order valence-electron chi connectivity index (χ1n) is 7.98. The van der Waals surface area contributed by atoms with Crippen molar-refractivity contribution >= 4 is 11.8 Å². The molecule has 1 aliphatic heterocycles. The van der Waals surface area contributed by atoms with Gasteiger partial charge in [-0.15, -0.1) is 0 Å². The van der Waals surface area contributed by atoms with Gasteiger partial charge in [-0.3, -0.25) is 0 Å². The summed E-state index contributed by atoms with van der Waals surface area (Å²) in [6.45, 7) is 8.95. The fourth-order valence-corrected chi connectivity index (χ4v) is 2.50. The van der Waals surface area contributed by atoms with E-state index in [0.717, 1.165) is 32.5 Å². The fourth-order valence-electron chi connectivity index (χ4n) is 2.50. The summed E-state index contributed by atoms with van der Waals surface area (Å²) < 4.78 is 5.19. The van der Waals surface area contributed by atoms with E-state index in [4.69, 9.17) is 4.74 Å². The number of amides is 1. The van der Waals surface area contributed by atoms with Gasteiger partial charge in [0.1, 0.15) is 5.60 Å². The second kappa shape index (κ2) is 7.49. The predicted molar refractivity (Wildman–Crippen MR) is 89.2 cm³/mol. The first-order valence-corrected chi connectivity index (χ1v) is 7.98. The van der Waals surface area contributed by atoms with Crippen LogP contribution in [0.5, 0.6) is 0 Å². The number of hydrogen-bond acceptors (Lipinski definition) is 4. The fraction of sp³-hybridized carbons (Fsp3) is 0.588. The van der Waals surface area contributed by atoms with E-state index in [1.165, 1.54) is 16.8 Å². The molecule has 0 saturated carbocycles. The summed E-state index contributed by atoms with van der Waals surface area (Å²) in [6, 6.07) is 6.46. The Morgan fingerprint density at radius 3 is 2.91 bits per heavy atom. The van der Waals surface area contributed by atoms with Gasteiger partial charge >= 0.3 is 6.09 Å². The molecule has 1 aliphatic rings. The number of para-hydroxylation sites is 1. The van der Waals surface area contributed by atoms with Gasteiger partial charge in [0.05, 0.1) is 0 Å². The van der Waals surface area contributed by atoms with Crippen LogP contribution < -0.4 is 16.0 Å². The van der Waals surface area contributed by atoms with E-state index in [1.807, 2.05) is 20.8 Å². The van der Waals surface area contributed by atoms with E-state index in [1.54, 1.807) is 0 Å². The molecule has 5 nitrogen and oxygen atoms in total. The normalized spacial score (nSPS) is 13.4. The Balaban J connectivity index is 1.60. The van der Waals surface area contributed by atoms with Gasteiger partial charge in [-0.05, 0) is 51.3 Å². The van der Waals surface area contributed by atoms with Gasteiger partial charge < -0.3 is 20.7 Å². The standard InChI is InChI=1S/C17H27N3O2/c1-17(2,3)22-16(21)20-10-5-9-18-12-14-7-4-6-13-8-11-19-15(13)14/h4,6-7,18-19H,5,8-12H2,1-3H3,(H,20,21). The SMILES string of the molecule is CC(C)(C)OC(=O)NCCCNCc1cccc2c1NCC2. The van der Waals surface area contributed by atoms with Crippen molar-refractivity contribution in [2.75, 3.05) is 25.0 Å². The zero-order valence-electron chi connectivity index (χ0n) is 13.8. The lowest BCUT2D eigenvalue weighted by atomic mass is 10.1. The second-order valence-electron chi connectivity index (χ2n) is 6.59. The van der Waals surface area contributed by atoms with E-state index >= 15 is 0 Å². The van der Waals surface area contributed by atoms with Crippen molar-refractivity contribution in [1.82, 2.24) is 10.6 Å².